The minimum atomic E-state index is -0.190. The summed E-state index contributed by atoms with van der Waals surface area (Å²) in [6.07, 6.45) is 0.294. The maximum atomic E-state index is 12.1. The van der Waals surface area contributed by atoms with E-state index >= 15 is 0 Å². The first kappa shape index (κ1) is 16.0. The predicted molar refractivity (Wildman–Crippen MR) is 91.1 cm³/mol. The number of benzene rings is 2. The molecule has 3 rings (SSSR count). The van der Waals surface area contributed by atoms with Crippen LogP contribution in [0.4, 0.5) is 5.69 Å². The Hall–Kier alpha value is -1.91. The van der Waals surface area contributed by atoms with Crippen LogP contribution in [0.25, 0.3) is 0 Å². The first-order valence-electron chi connectivity index (χ1n) is 7.04. The molecule has 0 saturated heterocycles. The third kappa shape index (κ3) is 2.84. The third-order valence-electron chi connectivity index (χ3n) is 3.95. The summed E-state index contributed by atoms with van der Waals surface area (Å²) >= 11 is 12.5. The van der Waals surface area contributed by atoms with E-state index in [1.54, 1.807) is 26.4 Å². The van der Waals surface area contributed by atoms with Crippen LogP contribution in [0.15, 0.2) is 30.3 Å². The molecule has 0 radical (unpaired) electrons. The number of hydrogen-bond donors (Lipinski definition) is 1. The maximum absolute atomic E-state index is 12.1. The molecule has 0 unspecified atom stereocenters. The second-order valence-electron chi connectivity index (χ2n) is 5.24. The molecule has 2 aromatic carbocycles. The standard InChI is InChI=1S/C17H15Cl2NO3/c1-22-14-6-11-10(9-4-3-5-12(18)17(9)19)7-16(21)20-13(11)8-15(14)23-2/h3-6,8,10H,7H2,1-2H3,(H,20,21)/t10-/m1/s1. The largest absolute Gasteiger partial charge is 0.493 e. The molecule has 4 nitrogen and oxygen atoms in total. The molecule has 1 atom stereocenters. The van der Waals surface area contributed by atoms with Crippen molar-refractivity contribution in [1.82, 2.24) is 0 Å². The van der Waals surface area contributed by atoms with Gasteiger partial charge in [0.1, 0.15) is 0 Å². The molecule has 0 aromatic heterocycles. The molecule has 1 aliphatic rings. The first-order valence-corrected chi connectivity index (χ1v) is 7.80. The van der Waals surface area contributed by atoms with E-state index in [0.717, 1.165) is 11.1 Å². The van der Waals surface area contributed by atoms with Gasteiger partial charge in [-0.1, -0.05) is 35.3 Å². The van der Waals surface area contributed by atoms with E-state index in [1.165, 1.54) is 0 Å². The summed E-state index contributed by atoms with van der Waals surface area (Å²) in [6, 6.07) is 9.08. The van der Waals surface area contributed by atoms with E-state index in [9.17, 15) is 4.79 Å². The first-order chi connectivity index (χ1) is 11.0. The lowest BCUT2D eigenvalue weighted by molar-refractivity contribution is -0.116. The Kier molecular flexibility index (Phi) is 4.37. The topological polar surface area (TPSA) is 47.6 Å². The van der Waals surface area contributed by atoms with Crippen molar-refractivity contribution in [3.05, 3.63) is 51.5 Å². The van der Waals surface area contributed by atoms with Gasteiger partial charge in [-0.05, 0) is 23.3 Å². The van der Waals surface area contributed by atoms with Crippen LogP contribution < -0.4 is 14.8 Å². The summed E-state index contributed by atoms with van der Waals surface area (Å²) < 4.78 is 10.7. The zero-order valence-corrected chi connectivity index (χ0v) is 14.2. The molecule has 2 aromatic rings. The second kappa shape index (κ2) is 6.30. The molecule has 0 saturated carbocycles. The SMILES string of the molecule is COc1cc2c(cc1OC)[C@@H](c1cccc(Cl)c1Cl)CC(=O)N2. The highest BCUT2D eigenvalue weighted by Crippen LogP contribution is 2.45. The number of rotatable bonds is 3. The molecule has 1 aliphatic heterocycles. The zero-order chi connectivity index (χ0) is 16.6. The van der Waals surface area contributed by atoms with Crippen molar-refractivity contribution < 1.29 is 14.3 Å². The molecule has 0 aliphatic carbocycles. The van der Waals surface area contributed by atoms with Gasteiger partial charge in [-0.25, -0.2) is 0 Å². The van der Waals surface area contributed by atoms with Crippen molar-refractivity contribution in [2.24, 2.45) is 0 Å². The zero-order valence-electron chi connectivity index (χ0n) is 12.7. The Morgan fingerprint density at radius 3 is 2.48 bits per heavy atom. The lowest BCUT2D eigenvalue weighted by atomic mass is 9.84. The minimum Gasteiger partial charge on any atom is -0.493 e. The molecule has 1 amide bonds. The number of carbonyl (C=O) groups excluding carboxylic acids is 1. The molecule has 1 N–H and O–H groups in total. The van der Waals surface area contributed by atoms with Crippen molar-refractivity contribution in [3.8, 4) is 11.5 Å². The average Bonchev–Trinajstić information content (AvgIpc) is 2.55. The monoisotopic (exact) mass is 351 g/mol. The molecule has 23 heavy (non-hydrogen) atoms. The number of carbonyl (C=O) groups is 1. The fourth-order valence-electron chi connectivity index (χ4n) is 2.85. The van der Waals surface area contributed by atoms with Gasteiger partial charge < -0.3 is 14.8 Å². The van der Waals surface area contributed by atoms with Gasteiger partial charge in [0, 0.05) is 24.1 Å². The van der Waals surface area contributed by atoms with Crippen LogP contribution in [0.5, 0.6) is 11.5 Å². The van der Waals surface area contributed by atoms with Gasteiger partial charge >= 0.3 is 0 Å². The quantitative estimate of drug-likeness (QED) is 0.886. The summed E-state index contributed by atoms with van der Waals surface area (Å²) in [6.45, 7) is 0. The molecular formula is C17H15Cl2NO3. The Morgan fingerprint density at radius 1 is 1.09 bits per heavy atom. The summed E-state index contributed by atoms with van der Waals surface area (Å²) in [5.41, 5.74) is 2.44. The second-order valence-corrected chi connectivity index (χ2v) is 6.03. The van der Waals surface area contributed by atoms with Gasteiger partial charge in [-0.15, -0.1) is 0 Å². The van der Waals surface area contributed by atoms with E-state index in [-0.39, 0.29) is 11.8 Å². The van der Waals surface area contributed by atoms with Crippen LogP contribution in [-0.4, -0.2) is 20.1 Å². The number of fused-ring (bicyclic) bond motifs is 1. The van der Waals surface area contributed by atoms with Gasteiger partial charge in [-0.2, -0.15) is 0 Å². The van der Waals surface area contributed by atoms with Crippen molar-refractivity contribution in [2.75, 3.05) is 19.5 Å². The van der Waals surface area contributed by atoms with Crippen molar-refractivity contribution >= 4 is 34.8 Å². The fourth-order valence-corrected chi connectivity index (χ4v) is 3.29. The van der Waals surface area contributed by atoms with Crippen molar-refractivity contribution in [2.45, 2.75) is 12.3 Å². The predicted octanol–water partition coefficient (Wildman–Crippen LogP) is 4.48. The minimum absolute atomic E-state index is 0.0780. The van der Waals surface area contributed by atoms with Gasteiger partial charge in [0.15, 0.2) is 11.5 Å². The summed E-state index contributed by atoms with van der Waals surface area (Å²) in [5.74, 6) is 0.894. The normalized spacial score (nSPS) is 16.5. The van der Waals surface area contributed by atoms with Crippen LogP contribution >= 0.6 is 23.2 Å². The molecular weight excluding hydrogens is 337 g/mol. The molecule has 6 heteroatoms. The van der Waals surface area contributed by atoms with Crippen LogP contribution in [0, 0.1) is 0 Å². The van der Waals surface area contributed by atoms with E-state index in [4.69, 9.17) is 32.7 Å². The molecule has 0 fully saturated rings. The van der Waals surface area contributed by atoms with Crippen molar-refractivity contribution in [1.29, 1.82) is 0 Å². The van der Waals surface area contributed by atoms with Gasteiger partial charge in [-0.3, -0.25) is 4.79 Å². The highest BCUT2D eigenvalue weighted by molar-refractivity contribution is 6.42. The maximum Gasteiger partial charge on any atom is 0.225 e. The van der Waals surface area contributed by atoms with E-state index in [1.807, 2.05) is 18.2 Å². The number of anilines is 1. The molecule has 0 spiro atoms. The fraction of sp³-hybridized carbons (Fsp3) is 0.235. The summed E-state index contributed by atoms with van der Waals surface area (Å²) in [4.78, 5) is 12.1. The number of amides is 1. The lowest BCUT2D eigenvalue weighted by Crippen LogP contribution is -2.24. The smallest absolute Gasteiger partial charge is 0.225 e. The number of nitrogens with one attached hydrogen (secondary N) is 1. The molecule has 1 heterocycles. The van der Waals surface area contributed by atoms with Crippen LogP contribution in [0.1, 0.15) is 23.5 Å². The van der Waals surface area contributed by atoms with E-state index in [2.05, 4.69) is 5.32 Å². The highest BCUT2D eigenvalue weighted by Gasteiger charge is 2.30. The van der Waals surface area contributed by atoms with E-state index in [0.29, 0.717) is 33.7 Å². The van der Waals surface area contributed by atoms with Gasteiger partial charge in [0.05, 0.1) is 24.3 Å². The Morgan fingerprint density at radius 2 is 1.78 bits per heavy atom. The van der Waals surface area contributed by atoms with Gasteiger partial charge in [0.25, 0.3) is 0 Å². The lowest BCUT2D eigenvalue weighted by Gasteiger charge is -2.28. The number of halogens is 2. The summed E-state index contributed by atoms with van der Waals surface area (Å²) in [5, 5.41) is 3.81. The number of ether oxygens (including phenoxy) is 2. The van der Waals surface area contributed by atoms with Gasteiger partial charge in [0.2, 0.25) is 5.91 Å². The molecule has 0 bridgehead atoms. The number of methoxy groups -OCH3 is 2. The third-order valence-corrected chi connectivity index (χ3v) is 4.79. The summed E-state index contributed by atoms with van der Waals surface area (Å²) in [7, 11) is 3.13. The van der Waals surface area contributed by atoms with Crippen molar-refractivity contribution in [3.63, 3.8) is 0 Å². The molecule has 120 valence electrons. The van der Waals surface area contributed by atoms with Crippen LogP contribution in [0.3, 0.4) is 0 Å². The average molecular weight is 352 g/mol. The van der Waals surface area contributed by atoms with E-state index < -0.39 is 0 Å². The number of hydrogen-bond acceptors (Lipinski definition) is 3. The van der Waals surface area contributed by atoms with Crippen LogP contribution in [-0.2, 0) is 4.79 Å². The van der Waals surface area contributed by atoms with Crippen LogP contribution in [0.2, 0.25) is 10.0 Å². The Labute approximate surface area is 144 Å². The Bertz CT molecular complexity index is 777. The Balaban J connectivity index is 2.18. The highest BCUT2D eigenvalue weighted by atomic mass is 35.5.